The molecule has 17 heavy (non-hydrogen) atoms. The second-order valence-corrected chi connectivity index (χ2v) is 3.15. The van der Waals surface area contributed by atoms with Crippen LogP contribution in [0.3, 0.4) is 0 Å². The molecule has 0 atom stereocenters. The van der Waals surface area contributed by atoms with Crippen molar-refractivity contribution in [3.63, 3.8) is 0 Å². The fourth-order valence-corrected chi connectivity index (χ4v) is 1.27. The van der Waals surface area contributed by atoms with Crippen LogP contribution in [0.5, 0.6) is 0 Å². The molecule has 1 amide bonds. The van der Waals surface area contributed by atoms with Crippen molar-refractivity contribution in [1.29, 1.82) is 0 Å². The summed E-state index contributed by atoms with van der Waals surface area (Å²) >= 11 is 0. The number of carbonyl (C=O) groups excluding carboxylic acids is 2. The fourth-order valence-electron chi connectivity index (χ4n) is 1.27. The molecule has 0 spiro atoms. The predicted molar refractivity (Wildman–Crippen MR) is 62.7 cm³/mol. The van der Waals surface area contributed by atoms with E-state index in [1.54, 1.807) is 31.3 Å². The van der Waals surface area contributed by atoms with E-state index >= 15 is 0 Å². The van der Waals surface area contributed by atoms with Crippen LogP contribution in [-0.2, 0) is 14.4 Å². The van der Waals surface area contributed by atoms with Gasteiger partial charge in [-0.2, -0.15) is 0 Å². The zero-order chi connectivity index (χ0) is 12.7. The van der Waals surface area contributed by atoms with E-state index in [1.807, 2.05) is 0 Å². The van der Waals surface area contributed by atoms with Gasteiger partial charge in [0.15, 0.2) is 6.29 Å². The number of aromatic nitrogens is 1. The first kappa shape index (κ1) is 13.1. The highest BCUT2D eigenvalue weighted by Gasteiger charge is 2.16. The predicted octanol–water partition coefficient (Wildman–Crippen LogP) is 1.07. The molecule has 0 saturated carbocycles. The lowest BCUT2D eigenvalue weighted by Crippen LogP contribution is -2.31. The van der Waals surface area contributed by atoms with Crippen LogP contribution in [0.25, 0.3) is 6.08 Å². The number of hydrogen-bond donors (Lipinski definition) is 0. The summed E-state index contributed by atoms with van der Waals surface area (Å²) in [5.74, 6) is -0.476. The Morgan fingerprint density at radius 3 is 2.76 bits per heavy atom. The first-order chi connectivity index (χ1) is 8.22. The van der Waals surface area contributed by atoms with Crippen molar-refractivity contribution in [2.24, 2.45) is 0 Å². The molecular formula is C12H14N2O3. The highest BCUT2D eigenvalue weighted by atomic mass is 16.7. The maximum Gasteiger partial charge on any atom is 0.280 e. The van der Waals surface area contributed by atoms with Gasteiger partial charge in [0.25, 0.3) is 5.91 Å². The maximum atomic E-state index is 11.8. The molecule has 0 radical (unpaired) electrons. The van der Waals surface area contributed by atoms with E-state index in [4.69, 9.17) is 4.84 Å². The molecule has 1 aromatic rings. The molecule has 5 heteroatoms. The number of nitrogens with zero attached hydrogens (tertiary/aromatic N) is 2. The van der Waals surface area contributed by atoms with E-state index in [-0.39, 0.29) is 5.57 Å². The van der Waals surface area contributed by atoms with Gasteiger partial charge in [-0.05, 0) is 25.1 Å². The number of likely N-dealkylation sites (N-methyl/N-ethyl adjacent to an activating group) is 1. The van der Waals surface area contributed by atoms with Gasteiger partial charge in [0.05, 0.1) is 18.4 Å². The first-order valence-electron chi connectivity index (χ1n) is 5.16. The summed E-state index contributed by atoms with van der Waals surface area (Å²) < 4.78 is 0. The van der Waals surface area contributed by atoms with Crippen LogP contribution in [-0.4, -0.2) is 35.9 Å². The van der Waals surface area contributed by atoms with Crippen LogP contribution in [0.1, 0.15) is 12.6 Å². The summed E-state index contributed by atoms with van der Waals surface area (Å²) in [5, 5.41) is 1.10. The molecule has 1 rings (SSSR count). The second-order valence-electron chi connectivity index (χ2n) is 3.15. The van der Waals surface area contributed by atoms with Crippen molar-refractivity contribution in [2.75, 3.05) is 13.7 Å². The van der Waals surface area contributed by atoms with Gasteiger partial charge in [-0.1, -0.05) is 6.07 Å². The minimum atomic E-state index is -0.476. The van der Waals surface area contributed by atoms with Gasteiger partial charge >= 0.3 is 0 Å². The average molecular weight is 234 g/mol. The highest BCUT2D eigenvalue weighted by molar-refractivity contribution is 6.13. The molecule has 0 aliphatic rings. The van der Waals surface area contributed by atoms with E-state index in [1.165, 1.54) is 13.2 Å². The molecule has 0 aliphatic carbocycles. The standard InChI is InChI=1S/C12H14N2O3/c1-3-14(17-2)12(16)10(9-15)8-11-6-4-5-7-13-11/h4-9H,3H2,1-2H3. The topological polar surface area (TPSA) is 59.5 Å². The fraction of sp³-hybridized carbons (Fsp3) is 0.250. The molecule has 0 saturated heterocycles. The summed E-state index contributed by atoms with van der Waals surface area (Å²) in [6.45, 7) is 2.12. The largest absolute Gasteiger partial charge is 0.298 e. The van der Waals surface area contributed by atoms with Gasteiger partial charge in [-0.25, -0.2) is 5.06 Å². The number of aldehydes is 1. The monoisotopic (exact) mass is 234 g/mol. The quantitative estimate of drug-likeness (QED) is 0.251. The second kappa shape index (κ2) is 6.55. The van der Waals surface area contributed by atoms with Crippen molar-refractivity contribution < 1.29 is 14.4 Å². The molecule has 0 bridgehead atoms. The average Bonchev–Trinajstić information content (AvgIpc) is 2.38. The Bertz CT molecular complexity index is 411. The van der Waals surface area contributed by atoms with E-state index in [0.717, 1.165) is 5.06 Å². The van der Waals surface area contributed by atoms with Crippen molar-refractivity contribution in [3.05, 3.63) is 35.7 Å². The zero-order valence-corrected chi connectivity index (χ0v) is 9.79. The molecule has 0 aromatic carbocycles. The van der Waals surface area contributed by atoms with Gasteiger partial charge in [0.1, 0.15) is 0 Å². The Kier molecular flexibility index (Phi) is 5.03. The third kappa shape index (κ3) is 3.49. The molecule has 90 valence electrons. The normalized spacial score (nSPS) is 11.1. The summed E-state index contributed by atoms with van der Waals surface area (Å²) in [6.07, 6.45) is 3.52. The molecule has 0 N–H and O–H groups in total. The summed E-state index contributed by atoms with van der Waals surface area (Å²) in [7, 11) is 1.38. The molecule has 0 unspecified atom stereocenters. The number of hydroxylamine groups is 2. The van der Waals surface area contributed by atoms with Crippen LogP contribution < -0.4 is 0 Å². The first-order valence-corrected chi connectivity index (χ1v) is 5.16. The van der Waals surface area contributed by atoms with Crippen molar-refractivity contribution in [1.82, 2.24) is 10.0 Å². The Hall–Kier alpha value is -2.01. The maximum absolute atomic E-state index is 11.8. The van der Waals surface area contributed by atoms with Gasteiger partial charge in [0, 0.05) is 12.7 Å². The lowest BCUT2D eigenvalue weighted by atomic mass is 10.2. The minimum absolute atomic E-state index is 0.00685. The van der Waals surface area contributed by atoms with E-state index in [2.05, 4.69) is 4.98 Å². The molecule has 0 fully saturated rings. The van der Waals surface area contributed by atoms with Crippen LogP contribution in [0.15, 0.2) is 30.0 Å². The SMILES string of the molecule is CCN(OC)C(=O)C(C=O)=Cc1ccccn1. The van der Waals surface area contributed by atoms with Crippen LogP contribution in [0.2, 0.25) is 0 Å². The van der Waals surface area contributed by atoms with Gasteiger partial charge in [0.2, 0.25) is 0 Å². The Balaban J connectivity index is 2.96. The number of hydrogen-bond acceptors (Lipinski definition) is 4. The third-order valence-corrected chi connectivity index (χ3v) is 2.10. The van der Waals surface area contributed by atoms with E-state index < -0.39 is 5.91 Å². The zero-order valence-electron chi connectivity index (χ0n) is 9.79. The molecule has 5 nitrogen and oxygen atoms in total. The number of rotatable bonds is 5. The van der Waals surface area contributed by atoms with Crippen molar-refractivity contribution >= 4 is 18.3 Å². The van der Waals surface area contributed by atoms with Gasteiger partial charge in [-0.15, -0.1) is 0 Å². The Morgan fingerprint density at radius 2 is 2.29 bits per heavy atom. The van der Waals surface area contributed by atoms with E-state index in [9.17, 15) is 9.59 Å². The summed E-state index contributed by atoms with van der Waals surface area (Å²) in [6, 6.07) is 5.24. The molecule has 1 aromatic heterocycles. The molecular weight excluding hydrogens is 220 g/mol. The van der Waals surface area contributed by atoms with Gasteiger partial charge < -0.3 is 0 Å². The number of pyridine rings is 1. The third-order valence-electron chi connectivity index (χ3n) is 2.10. The summed E-state index contributed by atoms with van der Waals surface area (Å²) in [5.41, 5.74) is 0.558. The van der Waals surface area contributed by atoms with Crippen LogP contribution in [0, 0.1) is 0 Å². The Morgan fingerprint density at radius 1 is 1.53 bits per heavy atom. The lowest BCUT2D eigenvalue weighted by molar-refractivity contribution is -0.170. The van der Waals surface area contributed by atoms with Crippen molar-refractivity contribution in [2.45, 2.75) is 6.92 Å². The van der Waals surface area contributed by atoms with Crippen LogP contribution in [0.4, 0.5) is 0 Å². The molecule has 0 aliphatic heterocycles. The summed E-state index contributed by atoms with van der Waals surface area (Å²) in [4.78, 5) is 31.6. The van der Waals surface area contributed by atoms with E-state index in [0.29, 0.717) is 18.5 Å². The van der Waals surface area contributed by atoms with Gasteiger partial charge in [-0.3, -0.25) is 19.4 Å². The highest BCUT2D eigenvalue weighted by Crippen LogP contribution is 2.05. The van der Waals surface area contributed by atoms with Crippen LogP contribution >= 0.6 is 0 Å². The molecule has 1 heterocycles. The lowest BCUT2D eigenvalue weighted by Gasteiger charge is -2.16. The number of carbonyl (C=O) groups is 2. The Labute approximate surface area is 99.7 Å². The smallest absolute Gasteiger partial charge is 0.280 e. The minimum Gasteiger partial charge on any atom is -0.298 e. The number of amides is 1. The van der Waals surface area contributed by atoms with Crippen molar-refractivity contribution in [3.8, 4) is 0 Å².